The van der Waals surface area contributed by atoms with Crippen molar-refractivity contribution in [1.82, 2.24) is 20.4 Å². The number of furan rings is 1. The van der Waals surface area contributed by atoms with Gasteiger partial charge in [-0.2, -0.15) is 5.10 Å². The van der Waals surface area contributed by atoms with E-state index in [9.17, 15) is 0 Å². The second kappa shape index (κ2) is 13.4. The zero-order valence-corrected chi connectivity index (χ0v) is 20.7. The van der Waals surface area contributed by atoms with Crippen molar-refractivity contribution < 1.29 is 4.42 Å². The maximum atomic E-state index is 5.41. The summed E-state index contributed by atoms with van der Waals surface area (Å²) in [6.07, 6.45) is 5.49. The summed E-state index contributed by atoms with van der Waals surface area (Å²) in [4.78, 5) is 6.06. The molecule has 2 heterocycles. The van der Waals surface area contributed by atoms with E-state index < -0.39 is 0 Å². The van der Waals surface area contributed by atoms with Gasteiger partial charge in [0, 0.05) is 49.0 Å². The third-order valence-electron chi connectivity index (χ3n) is 4.38. The first-order chi connectivity index (χ1) is 14.2. The van der Waals surface area contributed by atoms with Crippen LogP contribution in [-0.2, 0) is 26.4 Å². The van der Waals surface area contributed by atoms with Gasteiger partial charge in [0.15, 0.2) is 5.96 Å². The first-order valence-corrected chi connectivity index (χ1v) is 11.0. The molecule has 0 aliphatic rings. The summed E-state index contributed by atoms with van der Waals surface area (Å²) in [5.74, 6) is 2.75. The number of guanidine groups is 1. The maximum Gasteiger partial charge on any atom is 0.191 e. The van der Waals surface area contributed by atoms with Crippen LogP contribution in [0.15, 0.2) is 69.2 Å². The Hall–Kier alpha value is -1.94. The molecular weight excluding hydrogens is 509 g/mol. The van der Waals surface area contributed by atoms with Crippen molar-refractivity contribution in [2.45, 2.75) is 31.2 Å². The molecule has 2 aromatic heterocycles. The zero-order chi connectivity index (χ0) is 20.3. The van der Waals surface area contributed by atoms with Gasteiger partial charge in [-0.3, -0.25) is 4.68 Å². The van der Waals surface area contributed by atoms with Gasteiger partial charge in [-0.25, -0.2) is 4.99 Å². The first-order valence-electron chi connectivity index (χ1n) is 9.98. The fourth-order valence-corrected chi connectivity index (χ4v) is 3.76. The van der Waals surface area contributed by atoms with E-state index in [0.717, 1.165) is 49.1 Å². The van der Waals surface area contributed by atoms with Crippen molar-refractivity contribution >= 4 is 41.7 Å². The van der Waals surface area contributed by atoms with Crippen LogP contribution in [0.25, 0.3) is 0 Å². The van der Waals surface area contributed by atoms with Gasteiger partial charge < -0.3 is 15.1 Å². The average Bonchev–Trinajstić information content (AvgIpc) is 3.38. The molecule has 6 nitrogen and oxygen atoms in total. The minimum absolute atomic E-state index is 0. The molecule has 0 radical (unpaired) electrons. The van der Waals surface area contributed by atoms with E-state index in [4.69, 9.17) is 9.41 Å². The number of thioether (sulfide) groups is 1. The van der Waals surface area contributed by atoms with Gasteiger partial charge in [-0.1, -0.05) is 25.1 Å². The van der Waals surface area contributed by atoms with E-state index in [2.05, 4.69) is 46.9 Å². The number of halogens is 1. The predicted octanol–water partition coefficient (Wildman–Crippen LogP) is 4.26. The lowest BCUT2D eigenvalue weighted by atomic mass is 10.2. The Balaban J connectivity index is 0.00000320. The number of benzene rings is 1. The molecule has 0 aliphatic heterocycles. The summed E-state index contributed by atoms with van der Waals surface area (Å²) in [6.45, 7) is 4.33. The van der Waals surface area contributed by atoms with E-state index in [0.29, 0.717) is 6.54 Å². The lowest BCUT2D eigenvalue weighted by Crippen LogP contribution is -2.39. The van der Waals surface area contributed by atoms with Crippen LogP contribution in [0.5, 0.6) is 0 Å². The van der Waals surface area contributed by atoms with Crippen molar-refractivity contribution in [3.8, 4) is 0 Å². The smallest absolute Gasteiger partial charge is 0.191 e. The highest BCUT2D eigenvalue weighted by atomic mass is 127. The van der Waals surface area contributed by atoms with E-state index in [1.54, 1.807) is 6.26 Å². The van der Waals surface area contributed by atoms with Crippen molar-refractivity contribution in [2.75, 3.05) is 18.8 Å². The molecule has 1 aromatic carbocycles. The number of nitrogens with one attached hydrogen (secondary N) is 2. The minimum Gasteiger partial charge on any atom is -0.469 e. The van der Waals surface area contributed by atoms with Crippen LogP contribution < -0.4 is 10.6 Å². The number of hydrogen-bond acceptors (Lipinski definition) is 4. The van der Waals surface area contributed by atoms with E-state index in [-0.39, 0.29) is 24.0 Å². The molecule has 162 valence electrons. The molecule has 0 unspecified atom stereocenters. The lowest BCUT2D eigenvalue weighted by Gasteiger charge is -2.12. The molecule has 3 aromatic rings. The topological polar surface area (TPSA) is 67.4 Å². The highest BCUT2D eigenvalue weighted by Gasteiger charge is 2.06. The summed E-state index contributed by atoms with van der Waals surface area (Å²) in [7, 11) is 1.95. The Kier molecular flexibility index (Phi) is 10.9. The minimum atomic E-state index is 0. The molecule has 0 bridgehead atoms. The van der Waals surface area contributed by atoms with Crippen molar-refractivity contribution in [1.29, 1.82) is 0 Å². The van der Waals surface area contributed by atoms with Crippen LogP contribution >= 0.6 is 35.7 Å². The number of rotatable bonds is 10. The summed E-state index contributed by atoms with van der Waals surface area (Å²) in [6, 6.07) is 14.4. The molecule has 8 heteroatoms. The number of hydrogen-bond donors (Lipinski definition) is 2. The largest absolute Gasteiger partial charge is 0.469 e. The van der Waals surface area contributed by atoms with Crippen LogP contribution in [0.4, 0.5) is 0 Å². The van der Waals surface area contributed by atoms with Gasteiger partial charge >= 0.3 is 0 Å². The molecule has 30 heavy (non-hydrogen) atoms. The van der Waals surface area contributed by atoms with Gasteiger partial charge in [-0.15, -0.1) is 35.7 Å². The van der Waals surface area contributed by atoms with E-state index in [1.165, 1.54) is 10.5 Å². The number of nitrogens with zero attached hydrogens (tertiary/aromatic N) is 3. The van der Waals surface area contributed by atoms with E-state index in [1.807, 2.05) is 47.9 Å². The third-order valence-corrected chi connectivity index (χ3v) is 5.40. The van der Waals surface area contributed by atoms with Crippen molar-refractivity contribution in [2.24, 2.45) is 12.0 Å². The Morgan fingerprint density at radius 2 is 1.93 bits per heavy atom. The average molecular weight is 539 g/mol. The molecule has 0 atom stereocenters. The fourth-order valence-electron chi connectivity index (χ4n) is 2.97. The maximum absolute atomic E-state index is 5.41. The Morgan fingerprint density at radius 1 is 1.13 bits per heavy atom. The van der Waals surface area contributed by atoms with E-state index >= 15 is 0 Å². The van der Waals surface area contributed by atoms with Crippen LogP contribution in [-0.4, -0.2) is 34.6 Å². The molecule has 0 amide bonds. The molecule has 3 rings (SSSR count). The number of aliphatic imine (C=N–C) groups is 1. The second-order valence-corrected chi connectivity index (χ2v) is 7.81. The third kappa shape index (κ3) is 8.06. The van der Waals surface area contributed by atoms with Crippen LogP contribution in [0, 0.1) is 0 Å². The van der Waals surface area contributed by atoms with Crippen molar-refractivity contribution in [3.63, 3.8) is 0 Å². The van der Waals surface area contributed by atoms with Crippen LogP contribution in [0.3, 0.4) is 0 Å². The number of aromatic nitrogens is 2. The van der Waals surface area contributed by atoms with Crippen LogP contribution in [0.1, 0.15) is 23.9 Å². The summed E-state index contributed by atoms with van der Waals surface area (Å²) >= 11 is 1.83. The Morgan fingerprint density at radius 3 is 2.67 bits per heavy atom. The Bertz CT molecular complexity index is 880. The molecule has 0 saturated heterocycles. The molecule has 0 saturated carbocycles. The molecule has 0 spiro atoms. The molecule has 0 aliphatic carbocycles. The molecule has 2 N–H and O–H groups in total. The standard InChI is InChI=1S/C22H29N5OS.HI/c1-3-21-18(17-27(2)26-21)16-25-22(23-12-11-19-8-7-14-28-19)24-13-15-29-20-9-5-4-6-10-20;/h4-10,14,17H,3,11-13,15-16H2,1-2H3,(H2,23,24,25);1H. The summed E-state index contributed by atoms with van der Waals surface area (Å²) in [5.41, 5.74) is 2.27. The molecular formula is C22H30IN5OS. The summed E-state index contributed by atoms with van der Waals surface area (Å²) in [5, 5.41) is 11.4. The van der Waals surface area contributed by atoms with Gasteiger partial charge in [0.25, 0.3) is 0 Å². The zero-order valence-electron chi connectivity index (χ0n) is 17.5. The number of aryl methyl sites for hydroxylation is 2. The quantitative estimate of drug-likeness (QED) is 0.133. The predicted molar refractivity (Wildman–Crippen MR) is 135 cm³/mol. The van der Waals surface area contributed by atoms with Gasteiger partial charge in [0.2, 0.25) is 0 Å². The Labute approximate surface area is 199 Å². The van der Waals surface area contributed by atoms with Gasteiger partial charge in [0.05, 0.1) is 18.5 Å². The molecule has 0 fully saturated rings. The normalized spacial score (nSPS) is 11.2. The monoisotopic (exact) mass is 539 g/mol. The second-order valence-electron chi connectivity index (χ2n) is 6.64. The highest BCUT2D eigenvalue weighted by molar-refractivity contribution is 14.0. The first kappa shape index (κ1) is 24.3. The van der Waals surface area contributed by atoms with Gasteiger partial charge in [0.1, 0.15) is 5.76 Å². The SMILES string of the molecule is CCc1nn(C)cc1CN=C(NCCSc1ccccc1)NCCc1ccco1.I. The highest BCUT2D eigenvalue weighted by Crippen LogP contribution is 2.15. The lowest BCUT2D eigenvalue weighted by molar-refractivity contribution is 0.507. The fraction of sp³-hybridized carbons (Fsp3) is 0.364. The van der Waals surface area contributed by atoms with Crippen LogP contribution in [0.2, 0.25) is 0 Å². The summed E-state index contributed by atoms with van der Waals surface area (Å²) < 4.78 is 7.27. The van der Waals surface area contributed by atoms with Crippen molar-refractivity contribution in [3.05, 3.63) is 71.9 Å². The van der Waals surface area contributed by atoms with Gasteiger partial charge in [-0.05, 0) is 30.7 Å².